The minimum atomic E-state index is -0.645. The number of cyclic esters (lactones) is 1. The van der Waals surface area contributed by atoms with Crippen LogP contribution in [0.2, 0.25) is 0 Å². The minimum absolute atomic E-state index is 0.0160. The van der Waals surface area contributed by atoms with Crippen LogP contribution < -0.4 is 5.32 Å². The Morgan fingerprint density at radius 2 is 2.19 bits per heavy atom. The second-order valence-electron chi connectivity index (χ2n) is 6.70. The first-order valence-electron chi connectivity index (χ1n) is 7.50. The highest BCUT2D eigenvalue weighted by molar-refractivity contribution is 5.81. The molecule has 1 N–H and O–H groups in total. The number of ether oxygens (including phenoxy) is 2. The van der Waals surface area contributed by atoms with Crippen LogP contribution in [0, 0.1) is 11.8 Å². The smallest absolute Gasteiger partial charge is 0.408 e. The highest BCUT2D eigenvalue weighted by Crippen LogP contribution is 2.25. The van der Waals surface area contributed by atoms with Gasteiger partial charge < -0.3 is 14.8 Å². The van der Waals surface area contributed by atoms with E-state index in [2.05, 4.69) is 11.9 Å². The predicted molar refractivity (Wildman–Crippen MR) is 80.8 cm³/mol. The number of hydrogen-bond donors (Lipinski definition) is 1. The molecule has 3 atom stereocenters. The number of alkyl carbamates (subject to hydrolysis) is 1. The summed E-state index contributed by atoms with van der Waals surface area (Å²) in [5.74, 6) is -0.0517. The summed E-state index contributed by atoms with van der Waals surface area (Å²) < 4.78 is 10.5. The summed E-state index contributed by atoms with van der Waals surface area (Å²) >= 11 is 0. The molecule has 1 saturated heterocycles. The van der Waals surface area contributed by atoms with Gasteiger partial charge in [0, 0.05) is 0 Å². The maximum atomic E-state index is 12.0. The van der Waals surface area contributed by atoms with E-state index in [0.717, 1.165) is 19.3 Å². The van der Waals surface area contributed by atoms with Gasteiger partial charge >= 0.3 is 12.1 Å². The summed E-state index contributed by atoms with van der Waals surface area (Å²) in [5, 5.41) is 2.64. The van der Waals surface area contributed by atoms with Crippen molar-refractivity contribution in [1.29, 1.82) is 0 Å². The van der Waals surface area contributed by atoms with Gasteiger partial charge in [0.15, 0.2) is 0 Å². The van der Waals surface area contributed by atoms with E-state index in [0.29, 0.717) is 12.5 Å². The first-order chi connectivity index (χ1) is 9.73. The fourth-order valence-corrected chi connectivity index (χ4v) is 2.44. The van der Waals surface area contributed by atoms with Crippen LogP contribution >= 0.6 is 0 Å². The molecule has 0 radical (unpaired) electrons. The molecule has 1 amide bonds. The summed E-state index contributed by atoms with van der Waals surface area (Å²) in [7, 11) is 0. The molecular weight excluding hydrogens is 270 g/mol. The van der Waals surface area contributed by atoms with Crippen LogP contribution in [-0.4, -0.2) is 30.3 Å². The van der Waals surface area contributed by atoms with Gasteiger partial charge in [-0.2, -0.15) is 0 Å². The molecular formula is C16H27NO4. The molecule has 0 spiro atoms. The Morgan fingerprint density at radius 3 is 2.76 bits per heavy atom. The lowest BCUT2D eigenvalue weighted by Crippen LogP contribution is -2.47. The number of nitrogens with one attached hydrogen (secondary N) is 1. The second kappa shape index (κ2) is 7.48. The Labute approximate surface area is 127 Å². The summed E-state index contributed by atoms with van der Waals surface area (Å²) in [6.45, 7) is 11.4. The van der Waals surface area contributed by atoms with Gasteiger partial charge in [-0.05, 0) is 51.9 Å². The zero-order valence-corrected chi connectivity index (χ0v) is 13.5. The third kappa shape index (κ3) is 6.19. The van der Waals surface area contributed by atoms with Crippen LogP contribution in [0.3, 0.4) is 0 Å². The first-order valence-corrected chi connectivity index (χ1v) is 7.50. The Hall–Kier alpha value is -1.52. The Morgan fingerprint density at radius 1 is 1.52 bits per heavy atom. The lowest BCUT2D eigenvalue weighted by molar-refractivity contribution is -0.146. The number of amides is 1. The molecule has 0 saturated carbocycles. The van der Waals surface area contributed by atoms with Crippen LogP contribution in [0.1, 0.15) is 47.0 Å². The Kier molecular flexibility index (Phi) is 6.24. The van der Waals surface area contributed by atoms with Crippen molar-refractivity contribution in [3.8, 4) is 0 Å². The topological polar surface area (TPSA) is 64.6 Å². The van der Waals surface area contributed by atoms with E-state index in [-0.39, 0.29) is 11.9 Å². The van der Waals surface area contributed by atoms with E-state index < -0.39 is 17.7 Å². The highest BCUT2D eigenvalue weighted by atomic mass is 16.6. The highest BCUT2D eigenvalue weighted by Gasteiger charge is 2.34. The molecule has 5 heteroatoms. The zero-order chi connectivity index (χ0) is 16.0. The monoisotopic (exact) mass is 297 g/mol. The van der Waals surface area contributed by atoms with Crippen molar-refractivity contribution in [3.05, 3.63) is 12.7 Å². The fraction of sp³-hybridized carbons (Fsp3) is 0.750. The molecule has 21 heavy (non-hydrogen) atoms. The number of hydrogen-bond acceptors (Lipinski definition) is 4. The number of carbonyl (C=O) groups is 2. The molecule has 0 bridgehead atoms. The SMILES string of the molecule is C=CCCC1COC(=O)C(NC(=O)OC(C)(C)C)[C@H](C)C1. The molecule has 1 rings (SSSR count). The molecule has 1 aliphatic rings. The molecule has 120 valence electrons. The number of rotatable bonds is 4. The zero-order valence-electron chi connectivity index (χ0n) is 13.5. The van der Waals surface area contributed by atoms with Crippen molar-refractivity contribution in [2.45, 2.75) is 58.6 Å². The molecule has 5 nitrogen and oxygen atoms in total. The van der Waals surface area contributed by atoms with Gasteiger partial charge in [-0.15, -0.1) is 6.58 Å². The van der Waals surface area contributed by atoms with E-state index in [4.69, 9.17) is 9.47 Å². The molecule has 0 aromatic carbocycles. The third-order valence-corrected chi connectivity index (χ3v) is 3.44. The van der Waals surface area contributed by atoms with Crippen LogP contribution in [0.15, 0.2) is 12.7 Å². The number of carbonyl (C=O) groups excluding carboxylic acids is 2. The summed E-state index contributed by atoms with van der Waals surface area (Å²) in [6.07, 6.45) is 3.97. The molecule has 1 heterocycles. The van der Waals surface area contributed by atoms with Crippen LogP contribution in [0.25, 0.3) is 0 Å². The summed E-state index contributed by atoms with van der Waals surface area (Å²) in [6, 6.07) is -0.645. The van der Waals surface area contributed by atoms with Crippen molar-refractivity contribution in [3.63, 3.8) is 0 Å². The van der Waals surface area contributed by atoms with Gasteiger partial charge in [-0.3, -0.25) is 0 Å². The summed E-state index contributed by atoms with van der Waals surface area (Å²) in [5.41, 5.74) is -0.589. The van der Waals surface area contributed by atoms with Gasteiger partial charge in [0.05, 0.1) is 6.61 Å². The first kappa shape index (κ1) is 17.5. The normalized spacial score (nSPS) is 26.5. The number of allylic oxidation sites excluding steroid dienone is 1. The van der Waals surface area contributed by atoms with Gasteiger partial charge in [-0.1, -0.05) is 13.0 Å². The Bertz CT molecular complexity index is 386. The Balaban J connectivity index is 2.62. The van der Waals surface area contributed by atoms with Gasteiger partial charge in [0.25, 0.3) is 0 Å². The average Bonchev–Trinajstić information content (AvgIpc) is 2.47. The van der Waals surface area contributed by atoms with E-state index in [9.17, 15) is 9.59 Å². The van der Waals surface area contributed by atoms with Gasteiger partial charge in [0.2, 0.25) is 0 Å². The molecule has 0 aromatic heterocycles. The number of esters is 1. The predicted octanol–water partition coefficient (Wildman–Crippen LogP) is 3.05. The van der Waals surface area contributed by atoms with Crippen molar-refractivity contribution in [2.75, 3.05) is 6.61 Å². The third-order valence-electron chi connectivity index (χ3n) is 3.44. The minimum Gasteiger partial charge on any atom is -0.464 e. The second-order valence-corrected chi connectivity index (χ2v) is 6.70. The van der Waals surface area contributed by atoms with Gasteiger partial charge in [-0.25, -0.2) is 9.59 Å². The molecule has 0 aromatic rings. The van der Waals surface area contributed by atoms with Crippen molar-refractivity contribution in [2.24, 2.45) is 11.8 Å². The van der Waals surface area contributed by atoms with E-state index in [1.54, 1.807) is 20.8 Å². The van der Waals surface area contributed by atoms with E-state index in [1.807, 2.05) is 13.0 Å². The fourth-order valence-electron chi connectivity index (χ4n) is 2.44. The van der Waals surface area contributed by atoms with Crippen molar-refractivity contribution in [1.82, 2.24) is 5.32 Å². The largest absolute Gasteiger partial charge is 0.464 e. The molecule has 0 aliphatic carbocycles. The van der Waals surface area contributed by atoms with Crippen LogP contribution in [0.4, 0.5) is 4.79 Å². The summed E-state index contributed by atoms with van der Waals surface area (Å²) in [4.78, 5) is 23.9. The lowest BCUT2D eigenvalue weighted by atomic mass is 9.89. The molecule has 1 aliphatic heterocycles. The maximum absolute atomic E-state index is 12.0. The van der Waals surface area contributed by atoms with Crippen molar-refractivity contribution < 1.29 is 19.1 Å². The van der Waals surface area contributed by atoms with Crippen molar-refractivity contribution >= 4 is 12.1 Å². The van der Waals surface area contributed by atoms with E-state index >= 15 is 0 Å². The molecule has 2 unspecified atom stereocenters. The lowest BCUT2D eigenvalue weighted by Gasteiger charge is -2.24. The van der Waals surface area contributed by atoms with Crippen LogP contribution in [-0.2, 0) is 14.3 Å². The average molecular weight is 297 g/mol. The van der Waals surface area contributed by atoms with E-state index in [1.165, 1.54) is 0 Å². The molecule has 1 fully saturated rings. The van der Waals surface area contributed by atoms with Gasteiger partial charge in [0.1, 0.15) is 11.6 Å². The standard InChI is InChI=1S/C16H27NO4/c1-6-7-8-12-9-11(2)13(14(18)20-10-12)17-15(19)21-16(3,4)5/h6,11-13H,1,7-10H2,2-5H3,(H,17,19)/t11-,12?,13?/m1/s1. The quantitative estimate of drug-likeness (QED) is 0.640. The maximum Gasteiger partial charge on any atom is 0.408 e. The van der Waals surface area contributed by atoms with Crippen LogP contribution in [0.5, 0.6) is 0 Å².